The highest BCUT2D eigenvalue weighted by molar-refractivity contribution is 6.50. The number of hydrogen-bond donors (Lipinski definition) is 5. The first-order valence-electron chi connectivity index (χ1n) is 5.81. The zero-order valence-electron chi connectivity index (χ0n) is 10.4. The van der Waals surface area contributed by atoms with E-state index in [0.717, 1.165) is 39.3 Å². The summed E-state index contributed by atoms with van der Waals surface area (Å²) in [5, 5.41) is 9.71. The van der Waals surface area contributed by atoms with Crippen molar-refractivity contribution in [2.45, 2.75) is 0 Å². The maximum Gasteiger partial charge on any atom is 0.673 e. The molecule has 10 heteroatoms. The molecule has 5 nitrogen and oxygen atoms in total. The molecule has 0 spiro atoms. The van der Waals surface area contributed by atoms with Crippen LogP contribution >= 0.6 is 0 Å². The maximum atomic E-state index is 9.75. The summed E-state index contributed by atoms with van der Waals surface area (Å²) >= 11 is 0. The molecular formula is C8H23BF4N5-. The third kappa shape index (κ3) is 36.1. The first-order chi connectivity index (χ1) is 8.41. The van der Waals surface area contributed by atoms with Crippen molar-refractivity contribution < 1.29 is 17.3 Å². The number of rotatable bonds is 10. The largest absolute Gasteiger partial charge is 0.673 e. The molecule has 0 atom stereocenters. The molecule has 0 radical (unpaired) electrons. The van der Waals surface area contributed by atoms with E-state index in [4.69, 9.17) is 11.5 Å². The number of nitrogens with two attached hydrogens (primary N) is 2. The second-order valence-corrected chi connectivity index (χ2v) is 3.32. The van der Waals surface area contributed by atoms with Crippen LogP contribution in [0.15, 0.2) is 0 Å². The van der Waals surface area contributed by atoms with Crippen molar-refractivity contribution in [3.8, 4) is 0 Å². The Labute approximate surface area is 105 Å². The second-order valence-electron chi connectivity index (χ2n) is 3.32. The summed E-state index contributed by atoms with van der Waals surface area (Å²) in [6, 6.07) is 0. The van der Waals surface area contributed by atoms with E-state index in [1.807, 2.05) is 0 Å². The molecule has 0 aromatic heterocycles. The van der Waals surface area contributed by atoms with Crippen LogP contribution in [0, 0.1) is 0 Å². The minimum atomic E-state index is -6.00. The predicted molar refractivity (Wildman–Crippen MR) is 66.9 cm³/mol. The van der Waals surface area contributed by atoms with Crippen LogP contribution in [0.25, 0.3) is 0 Å². The molecule has 0 rings (SSSR count). The first kappa shape index (κ1) is 19.9. The Morgan fingerprint density at radius 3 is 1.06 bits per heavy atom. The average Bonchev–Trinajstić information content (AvgIpc) is 2.25. The standard InChI is InChI=1S/C8H23N5.BF4/c9-1-3-11-5-7-13-8-6-12-4-2-10;2-1(3,4)5/h11-13H,1-10H2;/q;-1. The Balaban J connectivity index is 0. The fourth-order valence-corrected chi connectivity index (χ4v) is 0.933. The van der Waals surface area contributed by atoms with Crippen LogP contribution in [0.1, 0.15) is 0 Å². The Morgan fingerprint density at radius 2 is 0.833 bits per heavy atom. The van der Waals surface area contributed by atoms with Gasteiger partial charge in [0, 0.05) is 52.4 Å². The molecule has 7 N–H and O–H groups in total. The lowest BCUT2D eigenvalue weighted by molar-refractivity contribution is 0.368. The van der Waals surface area contributed by atoms with Gasteiger partial charge in [-0.3, -0.25) is 0 Å². The molecule has 0 saturated heterocycles. The van der Waals surface area contributed by atoms with Gasteiger partial charge in [-0.15, -0.1) is 0 Å². The van der Waals surface area contributed by atoms with Crippen molar-refractivity contribution in [3.63, 3.8) is 0 Å². The molecule has 0 bridgehead atoms. The summed E-state index contributed by atoms with van der Waals surface area (Å²) in [5.41, 5.74) is 10.6. The number of hydrogen-bond acceptors (Lipinski definition) is 5. The van der Waals surface area contributed by atoms with E-state index in [9.17, 15) is 17.3 Å². The van der Waals surface area contributed by atoms with Crippen LogP contribution in [0.3, 0.4) is 0 Å². The molecule has 0 unspecified atom stereocenters. The zero-order valence-corrected chi connectivity index (χ0v) is 10.4. The lowest BCUT2D eigenvalue weighted by atomic mass is 10.3. The fraction of sp³-hybridized carbons (Fsp3) is 1.00. The van der Waals surface area contributed by atoms with E-state index in [-0.39, 0.29) is 0 Å². The predicted octanol–water partition coefficient (Wildman–Crippen LogP) is -1.03. The van der Waals surface area contributed by atoms with Gasteiger partial charge < -0.3 is 44.7 Å². The van der Waals surface area contributed by atoms with E-state index < -0.39 is 7.25 Å². The van der Waals surface area contributed by atoms with E-state index in [2.05, 4.69) is 16.0 Å². The molecule has 0 amide bonds. The van der Waals surface area contributed by atoms with Crippen molar-refractivity contribution in [2.75, 3.05) is 52.4 Å². The molecule has 0 aliphatic carbocycles. The minimum absolute atomic E-state index is 0.706. The van der Waals surface area contributed by atoms with Gasteiger partial charge in [-0.2, -0.15) is 0 Å². The molecule has 0 aliphatic rings. The lowest BCUT2D eigenvalue weighted by Crippen LogP contribution is -2.35. The van der Waals surface area contributed by atoms with Gasteiger partial charge in [-0.1, -0.05) is 0 Å². The third-order valence-corrected chi connectivity index (χ3v) is 1.60. The van der Waals surface area contributed by atoms with Gasteiger partial charge >= 0.3 is 7.25 Å². The Bertz CT molecular complexity index is 145. The topological polar surface area (TPSA) is 88.1 Å². The molecule has 0 aliphatic heterocycles. The number of nitrogens with one attached hydrogen (secondary N) is 3. The van der Waals surface area contributed by atoms with Crippen LogP contribution in [-0.4, -0.2) is 59.6 Å². The maximum absolute atomic E-state index is 9.75. The third-order valence-electron chi connectivity index (χ3n) is 1.60. The normalized spacial score (nSPS) is 11.0. The fourth-order valence-electron chi connectivity index (χ4n) is 0.933. The summed E-state index contributed by atoms with van der Waals surface area (Å²) in [5.74, 6) is 0. The zero-order chi connectivity index (χ0) is 14.3. The Kier molecular flexibility index (Phi) is 16.2. The summed E-state index contributed by atoms with van der Waals surface area (Å²) < 4.78 is 39.0. The van der Waals surface area contributed by atoms with Crippen molar-refractivity contribution in [3.05, 3.63) is 0 Å². The summed E-state index contributed by atoms with van der Waals surface area (Å²) in [4.78, 5) is 0. The monoisotopic (exact) mass is 276 g/mol. The molecule has 0 heterocycles. The van der Waals surface area contributed by atoms with Gasteiger partial charge in [0.15, 0.2) is 0 Å². The summed E-state index contributed by atoms with van der Waals surface area (Å²) in [7, 11) is -6.00. The summed E-state index contributed by atoms with van der Waals surface area (Å²) in [6.07, 6.45) is 0. The van der Waals surface area contributed by atoms with Gasteiger partial charge in [-0.05, 0) is 0 Å². The van der Waals surface area contributed by atoms with Gasteiger partial charge in [0.25, 0.3) is 0 Å². The molecule has 112 valence electrons. The van der Waals surface area contributed by atoms with Crippen LogP contribution < -0.4 is 27.4 Å². The molecular weight excluding hydrogens is 253 g/mol. The van der Waals surface area contributed by atoms with Gasteiger partial charge in [0.1, 0.15) is 0 Å². The molecule has 0 saturated carbocycles. The lowest BCUT2D eigenvalue weighted by Gasteiger charge is -2.06. The van der Waals surface area contributed by atoms with E-state index in [0.29, 0.717) is 13.1 Å². The van der Waals surface area contributed by atoms with Gasteiger partial charge in [0.05, 0.1) is 0 Å². The van der Waals surface area contributed by atoms with Gasteiger partial charge in [0.2, 0.25) is 0 Å². The Morgan fingerprint density at radius 1 is 0.611 bits per heavy atom. The quantitative estimate of drug-likeness (QED) is 0.200. The van der Waals surface area contributed by atoms with E-state index >= 15 is 0 Å². The van der Waals surface area contributed by atoms with E-state index in [1.165, 1.54) is 0 Å². The van der Waals surface area contributed by atoms with Crippen LogP contribution in [-0.2, 0) is 0 Å². The van der Waals surface area contributed by atoms with Gasteiger partial charge in [-0.25, -0.2) is 0 Å². The second kappa shape index (κ2) is 14.6. The molecule has 0 fully saturated rings. The minimum Gasteiger partial charge on any atom is -0.418 e. The highest BCUT2D eigenvalue weighted by Gasteiger charge is 2.20. The highest BCUT2D eigenvalue weighted by Crippen LogP contribution is 2.06. The van der Waals surface area contributed by atoms with Crippen LogP contribution in [0.4, 0.5) is 17.3 Å². The SMILES string of the molecule is F[B-](F)(F)F.NCCNCCNCCNCCN. The van der Waals surface area contributed by atoms with Crippen molar-refractivity contribution in [1.29, 1.82) is 0 Å². The van der Waals surface area contributed by atoms with E-state index in [1.54, 1.807) is 0 Å². The Hall–Kier alpha value is -0.415. The molecule has 0 aromatic carbocycles. The van der Waals surface area contributed by atoms with Crippen molar-refractivity contribution >= 4 is 7.25 Å². The molecule has 0 aromatic rings. The van der Waals surface area contributed by atoms with Crippen LogP contribution in [0.2, 0.25) is 0 Å². The van der Waals surface area contributed by atoms with Crippen molar-refractivity contribution in [1.82, 2.24) is 16.0 Å². The summed E-state index contributed by atoms with van der Waals surface area (Å²) in [6.45, 7) is 7.15. The van der Waals surface area contributed by atoms with Crippen molar-refractivity contribution in [2.24, 2.45) is 11.5 Å². The molecule has 18 heavy (non-hydrogen) atoms. The number of halogens is 4. The smallest absolute Gasteiger partial charge is 0.418 e. The average molecular weight is 276 g/mol. The highest BCUT2D eigenvalue weighted by atomic mass is 19.5. The first-order valence-corrected chi connectivity index (χ1v) is 5.81. The van der Waals surface area contributed by atoms with Crippen LogP contribution in [0.5, 0.6) is 0 Å².